The summed E-state index contributed by atoms with van der Waals surface area (Å²) in [5.41, 5.74) is 5.34. The molecule has 1 saturated carbocycles. The highest BCUT2D eigenvalue weighted by atomic mass is 19.4. The number of nitrogens with zero attached hydrogens (tertiary/aromatic N) is 1. The molecule has 0 saturated heterocycles. The van der Waals surface area contributed by atoms with E-state index in [2.05, 4.69) is 0 Å². The van der Waals surface area contributed by atoms with Crippen LogP contribution in [-0.2, 0) is 4.79 Å². The summed E-state index contributed by atoms with van der Waals surface area (Å²) in [6.07, 6.45) is -1.94. The Labute approximate surface area is 106 Å². The SMILES string of the molecule is CC(C)CN(CC(F)(F)F)C(=O)CC1(N)CCC1. The summed E-state index contributed by atoms with van der Waals surface area (Å²) in [5.74, 6) is -0.477. The Bertz CT molecular complexity index is 298. The zero-order valence-electron chi connectivity index (χ0n) is 10.9. The fourth-order valence-electron chi connectivity index (χ4n) is 2.13. The number of hydrogen-bond acceptors (Lipinski definition) is 2. The lowest BCUT2D eigenvalue weighted by molar-refractivity contribution is -0.163. The summed E-state index contributed by atoms with van der Waals surface area (Å²) in [6, 6.07) is 0. The molecule has 0 atom stereocenters. The summed E-state index contributed by atoms with van der Waals surface area (Å²) in [5, 5.41) is 0. The molecule has 0 aromatic heterocycles. The fraction of sp³-hybridized carbons (Fsp3) is 0.917. The lowest BCUT2D eigenvalue weighted by Crippen LogP contribution is -2.52. The molecule has 6 heteroatoms. The Kier molecular flexibility index (Phi) is 4.64. The van der Waals surface area contributed by atoms with Gasteiger partial charge in [0.2, 0.25) is 5.91 Å². The van der Waals surface area contributed by atoms with Crippen LogP contribution in [0.25, 0.3) is 0 Å². The average Bonchev–Trinajstić information content (AvgIpc) is 2.11. The molecule has 1 aliphatic carbocycles. The molecule has 0 bridgehead atoms. The van der Waals surface area contributed by atoms with E-state index in [4.69, 9.17) is 5.73 Å². The molecular formula is C12H21F3N2O. The fourth-order valence-corrected chi connectivity index (χ4v) is 2.13. The molecule has 0 aromatic carbocycles. The minimum atomic E-state index is -4.36. The normalized spacial score (nSPS) is 18.6. The van der Waals surface area contributed by atoms with Gasteiger partial charge in [0.1, 0.15) is 6.54 Å². The van der Waals surface area contributed by atoms with E-state index in [-0.39, 0.29) is 18.9 Å². The minimum Gasteiger partial charge on any atom is -0.333 e. The smallest absolute Gasteiger partial charge is 0.333 e. The topological polar surface area (TPSA) is 46.3 Å². The van der Waals surface area contributed by atoms with Crippen LogP contribution < -0.4 is 5.73 Å². The van der Waals surface area contributed by atoms with Crippen molar-refractivity contribution in [2.45, 2.75) is 51.2 Å². The minimum absolute atomic E-state index is 0.00594. The molecular weight excluding hydrogens is 245 g/mol. The molecule has 1 amide bonds. The number of carbonyl (C=O) groups excluding carboxylic acids is 1. The Morgan fingerprint density at radius 1 is 1.39 bits per heavy atom. The third-order valence-electron chi connectivity index (χ3n) is 3.16. The number of nitrogens with two attached hydrogens (primary N) is 1. The van der Waals surface area contributed by atoms with Crippen LogP contribution in [0, 0.1) is 5.92 Å². The first kappa shape index (κ1) is 15.3. The highest BCUT2D eigenvalue weighted by molar-refractivity contribution is 5.77. The van der Waals surface area contributed by atoms with E-state index in [0.29, 0.717) is 0 Å². The van der Waals surface area contributed by atoms with Gasteiger partial charge in [0, 0.05) is 18.5 Å². The molecule has 2 N–H and O–H groups in total. The molecule has 0 aliphatic heterocycles. The summed E-state index contributed by atoms with van der Waals surface area (Å²) >= 11 is 0. The van der Waals surface area contributed by atoms with Gasteiger partial charge in [0.25, 0.3) is 0 Å². The maximum Gasteiger partial charge on any atom is 0.406 e. The summed E-state index contributed by atoms with van der Waals surface area (Å²) in [6.45, 7) is 2.52. The van der Waals surface area contributed by atoms with Gasteiger partial charge >= 0.3 is 6.18 Å². The van der Waals surface area contributed by atoms with Gasteiger partial charge in [-0.1, -0.05) is 13.8 Å². The summed E-state index contributed by atoms with van der Waals surface area (Å²) in [7, 11) is 0. The molecule has 3 nitrogen and oxygen atoms in total. The van der Waals surface area contributed by atoms with Gasteiger partial charge in [-0.25, -0.2) is 0 Å². The second kappa shape index (κ2) is 5.47. The average molecular weight is 266 g/mol. The molecule has 0 heterocycles. The Hall–Kier alpha value is -0.780. The first-order valence-corrected chi connectivity index (χ1v) is 6.25. The number of amides is 1. The van der Waals surface area contributed by atoms with Crippen molar-refractivity contribution in [3.8, 4) is 0 Å². The second-order valence-electron chi connectivity index (χ2n) is 5.68. The van der Waals surface area contributed by atoms with Crippen molar-refractivity contribution in [2.24, 2.45) is 11.7 Å². The highest BCUT2D eigenvalue weighted by Crippen LogP contribution is 2.33. The molecule has 0 spiro atoms. The maximum absolute atomic E-state index is 12.4. The van der Waals surface area contributed by atoms with Crippen molar-refractivity contribution in [1.82, 2.24) is 4.90 Å². The largest absolute Gasteiger partial charge is 0.406 e. The predicted octanol–water partition coefficient (Wildman–Crippen LogP) is 2.30. The Morgan fingerprint density at radius 3 is 2.28 bits per heavy atom. The van der Waals surface area contributed by atoms with Crippen molar-refractivity contribution in [1.29, 1.82) is 0 Å². The number of rotatable bonds is 5. The lowest BCUT2D eigenvalue weighted by Gasteiger charge is -2.39. The molecule has 106 valence electrons. The maximum atomic E-state index is 12.4. The molecule has 0 radical (unpaired) electrons. The van der Waals surface area contributed by atoms with Crippen molar-refractivity contribution >= 4 is 5.91 Å². The number of alkyl halides is 3. The van der Waals surface area contributed by atoms with Crippen molar-refractivity contribution < 1.29 is 18.0 Å². The van der Waals surface area contributed by atoms with Crippen LogP contribution in [0.3, 0.4) is 0 Å². The number of carbonyl (C=O) groups is 1. The van der Waals surface area contributed by atoms with Crippen molar-refractivity contribution in [3.63, 3.8) is 0 Å². The van der Waals surface area contributed by atoms with E-state index < -0.39 is 24.2 Å². The van der Waals surface area contributed by atoms with E-state index >= 15 is 0 Å². The lowest BCUT2D eigenvalue weighted by atomic mass is 9.75. The van der Waals surface area contributed by atoms with Gasteiger partial charge in [-0.05, 0) is 25.2 Å². The van der Waals surface area contributed by atoms with Gasteiger partial charge in [-0.15, -0.1) is 0 Å². The van der Waals surface area contributed by atoms with E-state index in [0.717, 1.165) is 24.2 Å². The van der Waals surface area contributed by atoms with E-state index in [9.17, 15) is 18.0 Å². The molecule has 1 fully saturated rings. The Balaban J connectivity index is 2.60. The van der Waals surface area contributed by atoms with Crippen LogP contribution in [0.1, 0.15) is 39.5 Å². The van der Waals surface area contributed by atoms with Gasteiger partial charge in [-0.3, -0.25) is 4.79 Å². The molecule has 1 aliphatic rings. The predicted molar refractivity (Wildman–Crippen MR) is 62.9 cm³/mol. The van der Waals surface area contributed by atoms with Crippen LogP contribution in [0.2, 0.25) is 0 Å². The van der Waals surface area contributed by atoms with Gasteiger partial charge in [-0.2, -0.15) is 13.2 Å². The van der Waals surface area contributed by atoms with Crippen LogP contribution in [0.4, 0.5) is 13.2 Å². The number of halogens is 3. The van der Waals surface area contributed by atoms with E-state index in [1.54, 1.807) is 13.8 Å². The highest BCUT2D eigenvalue weighted by Gasteiger charge is 2.39. The van der Waals surface area contributed by atoms with Gasteiger partial charge < -0.3 is 10.6 Å². The third-order valence-corrected chi connectivity index (χ3v) is 3.16. The zero-order valence-corrected chi connectivity index (χ0v) is 10.9. The van der Waals surface area contributed by atoms with Crippen LogP contribution in [0.15, 0.2) is 0 Å². The zero-order chi connectivity index (χ0) is 14.0. The van der Waals surface area contributed by atoms with Crippen LogP contribution >= 0.6 is 0 Å². The second-order valence-corrected chi connectivity index (χ2v) is 5.68. The summed E-state index contributed by atoms with van der Waals surface area (Å²) in [4.78, 5) is 12.8. The third kappa shape index (κ3) is 4.84. The molecule has 1 rings (SSSR count). The first-order valence-electron chi connectivity index (χ1n) is 6.25. The van der Waals surface area contributed by atoms with Crippen molar-refractivity contribution in [2.75, 3.05) is 13.1 Å². The number of hydrogen-bond donors (Lipinski definition) is 1. The summed E-state index contributed by atoms with van der Waals surface area (Å²) < 4.78 is 37.3. The first-order chi connectivity index (χ1) is 8.11. The van der Waals surface area contributed by atoms with Gasteiger partial charge in [0.15, 0.2) is 0 Å². The Morgan fingerprint density at radius 2 is 1.94 bits per heavy atom. The monoisotopic (exact) mass is 266 g/mol. The molecule has 18 heavy (non-hydrogen) atoms. The van der Waals surface area contributed by atoms with Crippen LogP contribution in [0.5, 0.6) is 0 Å². The molecule has 0 unspecified atom stereocenters. The van der Waals surface area contributed by atoms with E-state index in [1.165, 1.54) is 0 Å². The van der Waals surface area contributed by atoms with E-state index in [1.807, 2.05) is 0 Å². The van der Waals surface area contributed by atoms with Crippen LogP contribution in [-0.4, -0.2) is 35.6 Å². The van der Waals surface area contributed by atoms with Crippen molar-refractivity contribution in [3.05, 3.63) is 0 Å². The molecule has 0 aromatic rings. The quantitative estimate of drug-likeness (QED) is 0.830. The standard InChI is InChI=1S/C12H21F3N2O/c1-9(2)7-17(8-12(13,14)15)10(18)6-11(16)4-3-5-11/h9H,3-8,16H2,1-2H3. The van der Waals surface area contributed by atoms with Gasteiger partial charge in [0.05, 0.1) is 0 Å².